The third-order valence-electron chi connectivity index (χ3n) is 5.17. The topological polar surface area (TPSA) is 87.1 Å². The van der Waals surface area contributed by atoms with E-state index >= 15 is 0 Å². The van der Waals surface area contributed by atoms with E-state index in [1.165, 1.54) is 17.0 Å². The standard InChI is InChI=1S/C23H25NO5/c1-4-5-12-24-20(15-6-9-17(25)10-7-15)19(22(27)23(24)28)21(26)16-8-11-18(29-3)14(2)13-16/h6-11,13,20,25-26H,4-5,12H2,1-3H3/b21-19-. The molecular formula is C23H25NO5. The van der Waals surface area contributed by atoms with Crippen LogP contribution in [0.1, 0.15) is 42.5 Å². The van der Waals surface area contributed by atoms with E-state index in [1.807, 2.05) is 13.8 Å². The molecule has 1 atom stereocenters. The average Bonchev–Trinajstić information content (AvgIpc) is 2.96. The van der Waals surface area contributed by atoms with Gasteiger partial charge in [0.05, 0.1) is 18.7 Å². The van der Waals surface area contributed by atoms with Gasteiger partial charge in [0.2, 0.25) is 0 Å². The minimum Gasteiger partial charge on any atom is -0.508 e. The lowest BCUT2D eigenvalue weighted by molar-refractivity contribution is -0.139. The van der Waals surface area contributed by atoms with Crippen molar-refractivity contribution in [1.82, 2.24) is 4.90 Å². The molecule has 1 aliphatic heterocycles. The Balaban J connectivity index is 2.15. The van der Waals surface area contributed by atoms with E-state index in [1.54, 1.807) is 37.4 Å². The number of nitrogens with zero attached hydrogens (tertiary/aromatic N) is 1. The number of amides is 1. The van der Waals surface area contributed by atoms with Gasteiger partial charge >= 0.3 is 0 Å². The second-order valence-electron chi connectivity index (χ2n) is 7.12. The fourth-order valence-corrected chi connectivity index (χ4v) is 3.62. The molecule has 0 radical (unpaired) electrons. The van der Waals surface area contributed by atoms with Gasteiger partial charge in [-0.1, -0.05) is 25.5 Å². The molecule has 0 spiro atoms. The lowest BCUT2D eigenvalue weighted by Gasteiger charge is -2.25. The van der Waals surface area contributed by atoms with Gasteiger partial charge in [-0.15, -0.1) is 0 Å². The number of aliphatic hydroxyl groups excluding tert-OH is 1. The van der Waals surface area contributed by atoms with Crippen LogP contribution in [0.2, 0.25) is 0 Å². The summed E-state index contributed by atoms with van der Waals surface area (Å²) < 4.78 is 5.26. The van der Waals surface area contributed by atoms with Crippen molar-refractivity contribution in [2.45, 2.75) is 32.7 Å². The first-order valence-electron chi connectivity index (χ1n) is 9.61. The first kappa shape index (κ1) is 20.5. The minimum atomic E-state index is -0.704. The zero-order valence-corrected chi connectivity index (χ0v) is 16.8. The fourth-order valence-electron chi connectivity index (χ4n) is 3.62. The largest absolute Gasteiger partial charge is 0.508 e. The predicted octanol–water partition coefficient (Wildman–Crippen LogP) is 3.93. The molecule has 2 aromatic carbocycles. The summed E-state index contributed by atoms with van der Waals surface area (Å²) in [7, 11) is 1.56. The van der Waals surface area contributed by atoms with Crippen molar-refractivity contribution in [2.24, 2.45) is 0 Å². The number of unbranched alkanes of at least 4 members (excludes halogenated alkanes) is 1. The number of likely N-dealkylation sites (tertiary alicyclic amines) is 1. The highest BCUT2D eigenvalue weighted by Crippen LogP contribution is 2.40. The number of hydrogen-bond acceptors (Lipinski definition) is 5. The Morgan fingerprint density at radius 1 is 1.14 bits per heavy atom. The Hall–Kier alpha value is -3.28. The molecule has 6 nitrogen and oxygen atoms in total. The summed E-state index contributed by atoms with van der Waals surface area (Å²) in [6.07, 6.45) is 1.60. The van der Waals surface area contributed by atoms with Crippen molar-refractivity contribution < 1.29 is 24.5 Å². The Kier molecular flexibility index (Phi) is 5.92. The molecule has 6 heteroatoms. The van der Waals surface area contributed by atoms with Crippen LogP contribution in [-0.2, 0) is 9.59 Å². The molecular weight excluding hydrogens is 370 g/mol. The fraction of sp³-hybridized carbons (Fsp3) is 0.304. The lowest BCUT2D eigenvalue weighted by Crippen LogP contribution is -2.30. The van der Waals surface area contributed by atoms with E-state index in [0.29, 0.717) is 23.4 Å². The van der Waals surface area contributed by atoms with Crippen LogP contribution in [0, 0.1) is 6.92 Å². The Morgan fingerprint density at radius 3 is 2.41 bits per heavy atom. The zero-order chi connectivity index (χ0) is 21.1. The number of rotatable bonds is 6. The number of carbonyl (C=O) groups is 2. The molecule has 2 aromatic rings. The molecule has 152 valence electrons. The first-order valence-corrected chi connectivity index (χ1v) is 9.61. The van der Waals surface area contributed by atoms with E-state index in [4.69, 9.17) is 4.74 Å². The van der Waals surface area contributed by atoms with Crippen molar-refractivity contribution >= 4 is 17.4 Å². The molecule has 1 heterocycles. The number of ether oxygens (including phenoxy) is 1. The molecule has 1 aliphatic rings. The van der Waals surface area contributed by atoms with Gasteiger partial charge in [-0.05, 0) is 54.8 Å². The summed E-state index contributed by atoms with van der Waals surface area (Å²) in [4.78, 5) is 27.1. The number of phenolic OH excluding ortho intramolecular Hbond substituents is 1. The maximum atomic E-state index is 12.9. The maximum Gasteiger partial charge on any atom is 0.295 e. The van der Waals surface area contributed by atoms with Crippen LogP contribution in [-0.4, -0.2) is 40.5 Å². The van der Waals surface area contributed by atoms with Crippen LogP contribution in [0.25, 0.3) is 5.76 Å². The molecule has 3 rings (SSSR count). The molecule has 2 N–H and O–H groups in total. The van der Waals surface area contributed by atoms with Crippen LogP contribution in [0.4, 0.5) is 0 Å². The number of ketones is 1. The molecule has 0 saturated carbocycles. The molecule has 0 aromatic heterocycles. The van der Waals surface area contributed by atoms with Gasteiger partial charge in [0.25, 0.3) is 11.7 Å². The van der Waals surface area contributed by atoms with Gasteiger partial charge < -0.3 is 19.8 Å². The van der Waals surface area contributed by atoms with Crippen molar-refractivity contribution in [3.63, 3.8) is 0 Å². The summed E-state index contributed by atoms with van der Waals surface area (Å²) in [6.45, 7) is 4.25. The van der Waals surface area contributed by atoms with Crippen molar-refractivity contribution in [3.05, 3.63) is 64.7 Å². The number of benzene rings is 2. The van der Waals surface area contributed by atoms with E-state index in [2.05, 4.69) is 0 Å². The Morgan fingerprint density at radius 2 is 1.83 bits per heavy atom. The number of aryl methyl sites for hydroxylation is 1. The zero-order valence-electron chi connectivity index (χ0n) is 16.8. The van der Waals surface area contributed by atoms with Crippen LogP contribution in [0.3, 0.4) is 0 Å². The van der Waals surface area contributed by atoms with Crippen molar-refractivity contribution in [2.75, 3.05) is 13.7 Å². The summed E-state index contributed by atoms with van der Waals surface area (Å²) in [5.74, 6) is -0.787. The third kappa shape index (κ3) is 3.83. The molecule has 1 saturated heterocycles. The number of aliphatic hydroxyl groups is 1. The summed E-state index contributed by atoms with van der Waals surface area (Å²) >= 11 is 0. The summed E-state index contributed by atoms with van der Waals surface area (Å²) in [5, 5.41) is 20.6. The summed E-state index contributed by atoms with van der Waals surface area (Å²) in [5.41, 5.74) is 1.96. The normalized spacial score (nSPS) is 18.3. The quantitative estimate of drug-likeness (QED) is 0.440. The molecule has 0 bridgehead atoms. The number of hydrogen-bond donors (Lipinski definition) is 2. The second-order valence-corrected chi connectivity index (χ2v) is 7.12. The van der Waals surface area contributed by atoms with Gasteiger partial charge in [0.1, 0.15) is 17.3 Å². The van der Waals surface area contributed by atoms with Gasteiger partial charge in [-0.25, -0.2) is 0 Å². The monoisotopic (exact) mass is 395 g/mol. The second kappa shape index (κ2) is 8.39. The number of phenols is 1. The Bertz CT molecular complexity index is 962. The minimum absolute atomic E-state index is 0.0568. The SMILES string of the molecule is CCCCN1C(=O)C(=O)/C(=C(\O)c2ccc(OC)c(C)c2)C1c1ccc(O)cc1. The van der Waals surface area contributed by atoms with E-state index in [-0.39, 0.29) is 17.1 Å². The van der Waals surface area contributed by atoms with E-state index in [9.17, 15) is 19.8 Å². The van der Waals surface area contributed by atoms with Crippen LogP contribution in [0.5, 0.6) is 11.5 Å². The molecule has 1 amide bonds. The highest BCUT2D eigenvalue weighted by molar-refractivity contribution is 6.46. The molecule has 0 aliphatic carbocycles. The number of methoxy groups -OCH3 is 1. The number of carbonyl (C=O) groups excluding carboxylic acids is 2. The molecule has 1 unspecified atom stereocenters. The lowest BCUT2D eigenvalue weighted by atomic mass is 9.94. The van der Waals surface area contributed by atoms with Crippen LogP contribution < -0.4 is 4.74 Å². The van der Waals surface area contributed by atoms with Crippen LogP contribution in [0.15, 0.2) is 48.0 Å². The van der Waals surface area contributed by atoms with Crippen molar-refractivity contribution in [1.29, 1.82) is 0 Å². The average molecular weight is 395 g/mol. The number of Topliss-reactive ketones (excluding diaryl/α,β-unsaturated/α-hetero) is 1. The van der Waals surface area contributed by atoms with E-state index < -0.39 is 17.7 Å². The van der Waals surface area contributed by atoms with Gasteiger partial charge in [0, 0.05) is 12.1 Å². The van der Waals surface area contributed by atoms with E-state index in [0.717, 1.165) is 18.4 Å². The van der Waals surface area contributed by atoms with Gasteiger partial charge in [0.15, 0.2) is 0 Å². The third-order valence-corrected chi connectivity index (χ3v) is 5.17. The Labute approximate surface area is 170 Å². The highest BCUT2D eigenvalue weighted by Gasteiger charge is 2.45. The maximum absolute atomic E-state index is 12.9. The summed E-state index contributed by atoms with van der Waals surface area (Å²) in [6, 6.07) is 10.7. The highest BCUT2D eigenvalue weighted by atomic mass is 16.5. The predicted molar refractivity (Wildman–Crippen MR) is 110 cm³/mol. The van der Waals surface area contributed by atoms with Gasteiger partial charge in [-0.2, -0.15) is 0 Å². The van der Waals surface area contributed by atoms with Crippen molar-refractivity contribution in [3.8, 4) is 11.5 Å². The smallest absolute Gasteiger partial charge is 0.295 e. The first-order chi connectivity index (χ1) is 13.9. The molecule has 1 fully saturated rings. The van der Waals surface area contributed by atoms with Gasteiger partial charge in [-0.3, -0.25) is 9.59 Å². The van der Waals surface area contributed by atoms with Crippen LogP contribution >= 0.6 is 0 Å². The molecule has 29 heavy (non-hydrogen) atoms. The number of aromatic hydroxyl groups is 1.